The van der Waals surface area contributed by atoms with Crippen molar-refractivity contribution in [1.82, 2.24) is 5.32 Å². The Labute approximate surface area is 121 Å². The molecule has 4 heteroatoms. The van der Waals surface area contributed by atoms with Crippen LogP contribution in [0.15, 0.2) is 18.2 Å². The first-order valence-corrected chi connectivity index (χ1v) is 7.26. The van der Waals surface area contributed by atoms with E-state index in [0.717, 1.165) is 42.7 Å². The molecule has 1 aliphatic carbocycles. The number of hydrogen-bond donors (Lipinski definition) is 2. The van der Waals surface area contributed by atoms with E-state index in [0.29, 0.717) is 6.54 Å². The molecule has 0 saturated heterocycles. The fraction of sp³-hybridized carbons (Fsp3) is 0.625. The van der Waals surface area contributed by atoms with E-state index < -0.39 is 5.60 Å². The van der Waals surface area contributed by atoms with Gasteiger partial charge in [-0.15, -0.1) is 0 Å². The molecule has 1 aliphatic rings. The number of benzene rings is 1. The maximum absolute atomic E-state index is 10.4. The molecule has 20 heavy (non-hydrogen) atoms. The summed E-state index contributed by atoms with van der Waals surface area (Å²) >= 11 is 0. The van der Waals surface area contributed by atoms with Crippen molar-refractivity contribution in [2.24, 2.45) is 0 Å². The van der Waals surface area contributed by atoms with E-state index in [1.54, 1.807) is 14.2 Å². The third kappa shape index (κ3) is 3.44. The lowest BCUT2D eigenvalue weighted by atomic mass is 10.0. The van der Waals surface area contributed by atoms with E-state index in [1.807, 2.05) is 18.2 Å². The fourth-order valence-corrected chi connectivity index (χ4v) is 2.84. The Morgan fingerprint density at radius 3 is 2.55 bits per heavy atom. The summed E-state index contributed by atoms with van der Waals surface area (Å²) in [6.45, 7) is 2.71. The summed E-state index contributed by atoms with van der Waals surface area (Å²) in [5, 5.41) is 13.8. The minimum absolute atomic E-state index is 0.125. The largest absolute Gasteiger partial charge is 0.497 e. The van der Waals surface area contributed by atoms with Crippen LogP contribution in [0, 0.1) is 0 Å². The molecule has 0 bridgehead atoms. The molecule has 112 valence electrons. The Morgan fingerprint density at radius 1 is 1.25 bits per heavy atom. The van der Waals surface area contributed by atoms with Gasteiger partial charge in [-0.25, -0.2) is 0 Å². The third-order valence-corrected chi connectivity index (χ3v) is 4.18. The Hall–Kier alpha value is -1.26. The predicted molar refractivity (Wildman–Crippen MR) is 79.4 cm³/mol. The summed E-state index contributed by atoms with van der Waals surface area (Å²) in [5.74, 6) is 1.59. The van der Waals surface area contributed by atoms with Gasteiger partial charge < -0.3 is 19.9 Å². The molecule has 0 spiro atoms. The van der Waals surface area contributed by atoms with Gasteiger partial charge in [0.25, 0.3) is 0 Å². The lowest BCUT2D eigenvalue weighted by Gasteiger charge is -2.26. The highest BCUT2D eigenvalue weighted by molar-refractivity contribution is 5.42. The summed E-state index contributed by atoms with van der Waals surface area (Å²) < 4.78 is 10.6. The van der Waals surface area contributed by atoms with Gasteiger partial charge in [0.1, 0.15) is 11.5 Å². The zero-order valence-electron chi connectivity index (χ0n) is 12.6. The highest BCUT2D eigenvalue weighted by atomic mass is 16.5. The molecular formula is C16H25NO3. The second kappa shape index (κ2) is 6.46. The van der Waals surface area contributed by atoms with Gasteiger partial charge >= 0.3 is 0 Å². The van der Waals surface area contributed by atoms with E-state index in [1.165, 1.54) is 0 Å². The summed E-state index contributed by atoms with van der Waals surface area (Å²) in [6, 6.07) is 5.95. The monoisotopic (exact) mass is 279 g/mol. The normalized spacial score (nSPS) is 18.8. The van der Waals surface area contributed by atoms with Crippen LogP contribution in [-0.2, 0) is 0 Å². The minimum Gasteiger partial charge on any atom is -0.497 e. The van der Waals surface area contributed by atoms with E-state index >= 15 is 0 Å². The highest BCUT2D eigenvalue weighted by Crippen LogP contribution is 2.32. The fourth-order valence-electron chi connectivity index (χ4n) is 2.84. The molecule has 1 aromatic carbocycles. The Kier molecular flexibility index (Phi) is 4.89. The molecule has 0 aromatic heterocycles. The SMILES string of the molecule is COc1ccc(C(C)NCC2(O)CCCC2)c(OC)c1. The number of rotatable bonds is 6. The first-order chi connectivity index (χ1) is 9.58. The summed E-state index contributed by atoms with van der Waals surface area (Å²) in [5.41, 5.74) is 0.545. The second-order valence-electron chi connectivity index (χ2n) is 5.64. The molecule has 2 rings (SSSR count). The molecule has 1 atom stereocenters. The van der Waals surface area contributed by atoms with E-state index in [4.69, 9.17) is 9.47 Å². The predicted octanol–water partition coefficient (Wildman–Crippen LogP) is 2.66. The smallest absolute Gasteiger partial charge is 0.127 e. The van der Waals surface area contributed by atoms with Crippen molar-refractivity contribution < 1.29 is 14.6 Å². The first kappa shape index (κ1) is 15.1. The van der Waals surface area contributed by atoms with Crippen LogP contribution >= 0.6 is 0 Å². The zero-order valence-corrected chi connectivity index (χ0v) is 12.6. The van der Waals surface area contributed by atoms with Crippen LogP contribution in [0.3, 0.4) is 0 Å². The lowest BCUT2D eigenvalue weighted by Crippen LogP contribution is -2.39. The van der Waals surface area contributed by atoms with Crippen LogP contribution in [0.25, 0.3) is 0 Å². The van der Waals surface area contributed by atoms with Crippen molar-refractivity contribution in [3.63, 3.8) is 0 Å². The van der Waals surface area contributed by atoms with E-state index in [9.17, 15) is 5.11 Å². The molecule has 1 aromatic rings. The Balaban J connectivity index is 2.02. The number of nitrogens with one attached hydrogen (secondary N) is 1. The molecular weight excluding hydrogens is 254 g/mol. The molecule has 1 saturated carbocycles. The van der Waals surface area contributed by atoms with E-state index in [2.05, 4.69) is 12.2 Å². The van der Waals surface area contributed by atoms with E-state index in [-0.39, 0.29) is 6.04 Å². The van der Waals surface area contributed by atoms with Crippen LogP contribution in [0.1, 0.15) is 44.2 Å². The van der Waals surface area contributed by atoms with Crippen LogP contribution < -0.4 is 14.8 Å². The average molecular weight is 279 g/mol. The molecule has 0 aliphatic heterocycles. The van der Waals surface area contributed by atoms with Crippen LogP contribution in [0.5, 0.6) is 11.5 Å². The standard InChI is InChI=1S/C16H25NO3/c1-12(17-11-16(18)8-4-5-9-16)14-7-6-13(19-2)10-15(14)20-3/h6-7,10,12,17-18H,4-5,8-9,11H2,1-3H3. The maximum Gasteiger partial charge on any atom is 0.127 e. The topological polar surface area (TPSA) is 50.7 Å². The van der Waals surface area contributed by atoms with Gasteiger partial charge in [0.05, 0.1) is 19.8 Å². The number of hydrogen-bond acceptors (Lipinski definition) is 4. The quantitative estimate of drug-likeness (QED) is 0.840. The maximum atomic E-state index is 10.4. The number of aliphatic hydroxyl groups is 1. The van der Waals surface area contributed by atoms with Crippen molar-refractivity contribution in [3.8, 4) is 11.5 Å². The molecule has 0 amide bonds. The average Bonchev–Trinajstić information content (AvgIpc) is 2.91. The van der Waals surface area contributed by atoms with Gasteiger partial charge in [0, 0.05) is 24.2 Å². The van der Waals surface area contributed by atoms with Crippen LogP contribution in [-0.4, -0.2) is 31.5 Å². The molecule has 0 radical (unpaired) electrons. The molecule has 1 fully saturated rings. The van der Waals surface area contributed by atoms with Gasteiger partial charge in [-0.05, 0) is 25.8 Å². The van der Waals surface area contributed by atoms with Crippen molar-refractivity contribution in [2.75, 3.05) is 20.8 Å². The second-order valence-corrected chi connectivity index (χ2v) is 5.64. The summed E-state index contributed by atoms with van der Waals surface area (Å²) in [4.78, 5) is 0. The lowest BCUT2D eigenvalue weighted by molar-refractivity contribution is 0.0452. The highest BCUT2D eigenvalue weighted by Gasteiger charge is 2.31. The van der Waals surface area contributed by atoms with Crippen LogP contribution in [0.4, 0.5) is 0 Å². The van der Waals surface area contributed by atoms with Gasteiger partial charge in [-0.2, -0.15) is 0 Å². The van der Waals surface area contributed by atoms with Gasteiger partial charge in [-0.1, -0.05) is 18.9 Å². The molecule has 2 N–H and O–H groups in total. The van der Waals surface area contributed by atoms with Crippen molar-refractivity contribution in [3.05, 3.63) is 23.8 Å². The van der Waals surface area contributed by atoms with Gasteiger partial charge in [0.15, 0.2) is 0 Å². The Bertz CT molecular complexity index is 441. The zero-order chi connectivity index (χ0) is 14.6. The van der Waals surface area contributed by atoms with Gasteiger partial charge in [0.2, 0.25) is 0 Å². The third-order valence-electron chi connectivity index (χ3n) is 4.18. The number of ether oxygens (including phenoxy) is 2. The van der Waals surface area contributed by atoms with Crippen LogP contribution in [0.2, 0.25) is 0 Å². The first-order valence-electron chi connectivity index (χ1n) is 7.26. The minimum atomic E-state index is -0.534. The summed E-state index contributed by atoms with van der Waals surface area (Å²) in [6.07, 6.45) is 4.04. The Morgan fingerprint density at radius 2 is 1.95 bits per heavy atom. The molecule has 4 nitrogen and oxygen atoms in total. The van der Waals surface area contributed by atoms with Crippen molar-refractivity contribution in [1.29, 1.82) is 0 Å². The summed E-state index contributed by atoms with van der Waals surface area (Å²) in [7, 11) is 3.31. The van der Waals surface area contributed by atoms with Gasteiger partial charge in [-0.3, -0.25) is 0 Å². The number of methoxy groups -OCH3 is 2. The molecule has 1 unspecified atom stereocenters. The van der Waals surface area contributed by atoms with Crippen molar-refractivity contribution in [2.45, 2.75) is 44.2 Å². The van der Waals surface area contributed by atoms with Crippen molar-refractivity contribution >= 4 is 0 Å². The molecule has 0 heterocycles.